The van der Waals surface area contributed by atoms with Gasteiger partial charge in [0.1, 0.15) is 5.75 Å². The van der Waals surface area contributed by atoms with Crippen LogP contribution in [0.5, 0.6) is 5.75 Å². The molecule has 0 radical (unpaired) electrons. The van der Waals surface area contributed by atoms with E-state index in [2.05, 4.69) is 10.1 Å². The van der Waals surface area contributed by atoms with E-state index in [0.29, 0.717) is 18.3 Å². The van der Waals surface area contributed by atoms with Gasteiger partial charge in [0.05, 0.1) is 12.5 Å². The summed E-state index contributed by atoms with van der Waals surface area (Å²) in [5.41, 5.74) is 6.75. The highest BCUT2D eigenvalue weighted by Gasteiger charge is 2.39. The zero-order valence-corrected chi connectivity index (χ0v) is 11.6. The molecule has 0 unspecified atom stereocenters. The van der Waals surface area contributed by atoms with Crippen molar-refractivity contribution in [1.29, 1.82) is 0 Å². The van der Waals surface area contributed by atoms with Crippen molar-refractivity contribution in [2.45, 2.75) is 31.1 Å². The van der Waals surface area contributed by atoms with Crippen LogP contribution in [0.3, 0.4) is 0 Å². The molecular weight excluding hydrogens is 254 g/mol. The summed E-state index contributed by atoms with van der Waals surface area (Å²) in [6.07, 6.45) is 4.43. The minimum absolute atomic E-state index is 0.113. The van der Waals surface area contributed by atoms with E-state index in [0.717, 1.165) is 24.2 Å². The van der Waals surface area contributed by atoms with Crippen LogP contribution in [0.4, 0.5) is 0 Å². The van der Waals surface area contributed by atoms with Crippen LogP contribution in [-0.2, 0) is 5.41 Å². The van der Waals surface area contributed by atoms with Gasteiger partial charge in [0.25, 0.3) is 0 Å². The predicted octanol–water partition coefficient (Wildman–Crippen LogP) is 2.52. The maximum Gasteiger partial charge on any atom is 0.234 e. The van der Waals surface area contributed by atoms with E-state index in [1.165, 1.54) is 12.8 Å². The fraction of sp³-hybridized carbons (Fsp3) is 0.467. The summed E-state index contributed by atoms with van der Waals surface area (Å²) in [7, 11) is 1.65. The van der Waals surface area contributed by atoms with Crippen LogP contribution < -0.4 is 10.5 Å². The normalized spacial score (nSPS) is 17.3. The number of hydrogen-bond donors (Lipinski definition) is 1. The molecule has 1 aromatic heterocycles. The quantitative estimate of drug-likeness (QED) is 0.926. The average molecular weight is 273 g/mol. The van der Waals surface area contributed by atoms with Gasteiger partial charge in [0.15, 0.2) is 0 Å². The molecule has 0 amide bonds. The molecule has 20 heavy (non-hydrogen) atoms. The summed E-state index contributed by atoms with van der Waals surface area (Å²) < 4.78 is 10.6. The van der Waals surface area contributed by atoms with E-state index < -0.39 is 0 Å². The second kappa shape index (κ2) is 5.25. The summed E-state index contributed by atoms with van der Waals surface area (Å²) in [5, 5.41) is 4.10. The first-order valence-corrected chi connectivity index (χ1v) is 6.96. The molecule has 1 heterocycles. The topological polar surface area (TPSA) is 74.2 Å². The van der Waals surface area contributed by atoms with Gasteiger partial charge in [-0.1, -0.05) is 18.0 Å². The molecule has 3 rings (SSSR count). The van der Waals surface area contributed by atoms with E-state index in [-0.39, 0.29) is 5.41 Å². The van der Waals surface area contributed by atoms with Gasteiger partial charge in [-0.05, 0) is 37.1 Å². The highest BCUT2D eigenvalue weighted by Crippen LogP contribution is 2.39. The zero-order valence-electron chi connectivity index (χ0n) is 11.6. The standard InChI is InChI=1S/C15H19N3O2/c1-19-12-6-4-11(5-7-12)13-17-14(20-18-13)15(10-16)8-2-3-9-15/h4-7H,2-3,8-10,16H2,1H3. The Balaban J connectivity index is 1.89. The summed E-state index contributed by atoms with van der Waals surface area (Å²) in [5.74, 6) is 2.11. The number of hydrogen-bond acceptors (Lipinski definition) is 5. The summed E-state index contributed by atoms with van der Waals surface area (Å²) in [4.78, 5) is 4.56. The zero-order chi connectivity index (χ0) is 14.0. The third-order valence-corrected chi connectivity index (χ3v) is 4.18. The van der Waals surface area contributed by atoms with E-state index in [1.807, 2.05) is 24.3 Å². The monoisotopic (exact) mass is 273 g/mol. The molecule has 0 atom stereocenters. The molecule has 0 bridgehead atoms. The molecule has 0 aliphatic heterocycles. The molecule has 106 valence electrons. The Morgan fingerprint density at radius 3 is 2.55 bits per heavy atom. The first-order valence-electron chi connectivity index (χ1n) is 6.96. The van der Waals surface area contributed by atoms with Gasteiger partial charge in [-0.15, -0.1) is 0 Å². The van der Waals surface area contributed by atoms with Gasteiger partial charge in [-0.25, -0.2) is 0 Å². The van der Waals surface area contributed by atoms with Gasteiger partial charge in [-0.2, -0.15) is 4.98 Å². The predicted molar refractivity (Wildman–Crippen MR) is 75.5 cm³/mol. The maximum atomic E-state index is 5.94. The van der Waals surface area contributed by atoms with Crippen LogP contribution in [0.2, 0.25) is 0 Å². The number of ether oxygens (including phenoxy) is 1. The van der Waals surface area contributed by atoms with Crippen molar-refractivity contribution in [3.8, 4) is 17.1 Å². The van der Waals surface area contributed by atoms with Crippen LogP contribution in [0.25, 0.3) is 11.4 Å². The Morgan fingerprint density at radius 1 is 1.25 bits per heavy atom. The molecule has 1 aliphatic rings. The molecule has 0 spiro atoms. The number of nitrogens with two attached hydrogens (primary N) is 1. The lowest BCUT2D eigenvalue weighted by Crippen LogP contribution is -2.32. The van der Waals surface area contributed by atoms with E-state index in [1.54, 1.807) is 7.11 Å². The molecule has 1 fully saturated rings. The smallest absolute Gasteiger partial charge is 0.234 e. The highest BCUT2D eigenvalue weighted by atomic mass is 16.5. The fourth-order valence-electron chi connectivity index (χ4n) is 2.85. The SMILES string of the molecule is COc1ccc(-c2noc(C3(CN)CCCC3)n2)cc1. The third kappa shape index (κ3) is 2.18. The summed E-state index contributed by atoms with van der Waals surface area (Å²) in [6.45, 7) is 0.567. The second-order valence-electron chi connectivity index (χ2n) is 5.34. The molecule has 2 aromatic rings. The van der Waals surface area contributed by atoms with Gasteiger partial charge < -0.3 is 15.0 Å². The lowest BCUT2D eigenvalue weighted by atomic mass is 9.86. The van der Waals surface area contributed by atoms with Gasteiger partial charge in [-0.3, -0.25) is 0 Å². The Bertz CT molecular complexity index is 571. The van der Waals surface area contributed by atoms with Crippen molar-refractivity contribution >= 4 is 0 Å². The Hall–Kier alpha value is -1.88. The molecule has 5 nitrogen and oxygen atoms in total. The summed E-state index contributed by atoms with van der Waals surface area (Å²) in [6, 6.07) is 7.63. The van der Waals surface area contributed by atoms with E-state index in [4.69, 9.17) is 15.0 Å². The molecular formula is C15H19N3O2. The van der Waals surface area contributed by atoms with Crippen molar-refractivity contribution in [2.24, 2.45) is 5.73 Å². The van der Waals surface area contributed by atoms with Crippen molar-refractivity contribution < 1.29 is 9.26 Å². The average Bonchev–Trinajstić information content (AvgIpc) is 3.17. The Morgan fingerprint density at radius 2 is 1.95 bits per heavy atom. The number of nitrogens with zero attached hydrogens (tertiary/aromatic N) is 2. The van der Waals surface area contributed by atoms with Crippen molar-refractivity contribution in [3.05, 3.63) is 30.2 Å². The van der Waals surface area contributed by atoms with Gasteiger partial charge in [0.2, 0.25) is 11.7 Å². The lowest BCUT2D eigenvalue weighted by molar-refractivity contribution is 0.284. The minimum Gasteiger partial charge on any atom is -0.497 e. The second-order valence-corrected chi connectivity index (χ2v) is 5.34. The number of aromatic nitrogens is 2. The first-order chi connectivity index (χ1) is 9.77. The lowest BCUT2D eigenvalue weighted by Gasteiger charge is -2.21. The van der Waals surface area contributed by atoms with Crippen LogP contribution in [0.1, 0.15) is 31.6 Å². The van der Waals surface area contributed by atoms with Gasteiger partial charge >= 0.3 is 0 Å². The highest BCUT2D eigenvalue weighted by molar-refractivity contribution is 5.55. The molecule has 2 N–H and O–H groups in total. The van der Waals surface area contributed by atoms with Crippen LogP contribution in [0.15, 0.2) is 28.8 Å². The van der Waals surface area contributed by atoms with E-state index >= 15 is 0 Å². The maximum absolute atomic E-state index is 5.94. The van der Waals surface area contributed by atoms with E-state index in [9.17, 15) is 0 Å². The Kier molecular flexibility index (Phi) is 3.44. The summed E-state index contributed by atoms with van der Waals surface area (Å²) >= 11 is 0. The van der Waals surface area contributed by atoms with Gasteiger partial charge in [0, 0.05) is 12.1 Å². The minimum atomic E-state index is -0.113. The number of rotatable bonds is 4. The number of benzene rings is 1. The molecule has 1 aromatic carbocycles. The van der Waals surface area contributed by atoms with Crippen molar-refractivity contribution in [3.63, 3.8) is 0 Å². The molecule has 1 aliphatic carbocycles. The fourth-order valence-corrected chi connectivity index (χ4v) is 2.85. The van der Waals surface area contributed by atoms with Crippen molar-refractivity contribution in [1.82, 2.24) is 10.1 Å². The first kappa shape index (κ1) is 13.1. The molecule has 1 saturated carbocycles. The number of methoxy groups -OCH3 is 1. The Labute approximate surface area is 118 Å². The molecule has 0 saturated heterocycles. The van der Waals surface area contributed by atoms with Crippen molar-refractivity contribution in [2.75, 3.05) is 13.7 Å². The van der Waals surface area contributed by atoms with Crippen LogP contribution in [0, 0.1) is 0 Å². The molecule has 5 heteroatoms. The van der Waals surface area contributed by atoms with Crippen LogP contribution in [-0.4, -0.2) is 23.8 Å². The van der Waals surface area contributed by atoms with Crippen LogP contribution >= 0.6 is 0 Å². The largest absolute Gasteiger partial charge is 0.497 e. The third-order valence-electron chi connectivity index (χ3n) is 4.18.